The number of hydrogen-bond donors (Lipinski definition) is 2. The third kappa shape index (κ3) is 8.04. The van der Waals surface area contributed by atoms with Crippen LogP contribution in [0.3, 0.4) is 0 Å². The molecule has 0 aromatic rings. The van der Waals surface area contributed by atoms with Crippen molar-refractivity contribution in [2.24, 2.45) is 0 Å². The van der Waals surface area contributed by atoms with Crippen LogP contribution in [-0.4, -0.2) is 27.6 Å². The van der Waals surface area contributed by atoms with E-state index in [1.54, 1.807) is 20.8 Å². The van der Waals surface area contributed by atoms with Crippen molar-refractivity contribution in [1.82, 2.24) is 0 Å². The third-order valence-electron chi connectivity index (χ3n) is 2.29. The highest BCUT2D eigenvalue weighted by Gasteiger charge is 2.36. The first kappa shape index (κ1) is 16.9. The molecule has 0 bridgehead atoms. The number of carbonyl (C=O) groups is 1. The van der Waals surface area contributed by atoms with E-state index in [1.807, 2.05) is 6.07 Å². The van der Waals surface area contributed by atoms with Crippen LogP contribution in [0.2, 0.25) is 0 Å². The van der Waals surface area contributed by atoms with Gasteiger partial charge >= 0.3 is 5.97 Å². The molecule has 0 fully saturated rings. The SMILES string of the molecule is CC(C)(C)OC(=O)C(O)(O)CCCCCCC#N. The Hall–Kier alpha value is -1.12. The molecular weight excluding hydrogens is 234 g/mol. The molecule has 0 aromatic carbocycles. The maximum Gasteiger partial charge on any atom is 0.366 e. The van der Waals surface area contributed by atoms with Crippen molar-refractivity contribution in [3.8, 4) is 6.07 Å². The topological polar surface area (TPSA) is 90.6 Å². The van der Waals surface area contributed by atoms with E-state index < -0.39 is 17.4 Å². The first-order chi connectivity index (χ1) is 8.19. The minimum absolute atomic E-state index is 0.0472. The summed E-state index contributed by atoms with van der Waals surface area (Å²) in [5.41, 5.74) is -0.736. The second kappa shape index (κ2) is 7.34. The number of nitrogens with zero attached hydrogens (tertiary/aromatic N) is 1. The molecule has 0 aliphatic carbocycles. The first-order valence-corrected chi connectivity index (χ1v) is 6.24. The molecule has 0 unspecified atom stereocenters. The lowest BCUT2D eigenvalue weighted by molar-refractivity contribution is -0.221. The largest absolute Gasteiger partial charge is 0.456 e. The van der Waals surface area contributed by atoms with Crippen LogP contribution in [0.5, 0.6) is 0 Å². The summed E-state index contributed by atoms with van der Waals surface area (Å²) in [6.07, 6.45) is 3.37. The van der Waals surface area contributed by atoms with Gasteiger partial charge in [0.25, 0.3) is 5.79 Å². The number of nitriles is 1. The zero-order chi connectivity index (χ0) is 14.2. The Morgan fingerprint density at radius 3 is 2.22 bits per heavy atom. The van der Waals surface area contributed by atoms with Crippen molar-refractivity contribution in [2.75, 3.05) is 0 Å². The Kier molecular flexibility index (Phi) is 6.89. The van der Waals surface area contributed by atoms with Gasteiger partial charge in [-0.15, -0.1) is 0 Å². The fourth-order valence-electron chi connectivity index (χ4n) is 1.39. The molecule has 0 heterocycles. The average molecular weight is 257 g/mol. The van der Waals surface area contributed by atoms with Crippen LogP contribution in [0.25, 0.3) is 0 Å². The molecule has 0 rings (SSSR count). The van der Waals surface area contributed by atoms with Gasteiger partial charge in [-0.25, -0.2) is 4.79 Å². The summed E-state index contributed by atoms with van der Waals surface area (Å²) in [5.74, 6) is -3.42. The van der Waals surface area contributed by atoms with Crippen molar-refractivity contribution in [1.29, 1.82) is 5.26 Å². The molecule has 0 atom stereocenters. The number of unbranched alkanes of at least 4 members (excludes halogenated alkanes) is 4. The molecule has 0 aromatic heterocycles. The summed E-state index contributed by atoms with van der Waals surface area (Å²) in [4.78, 5) is 11.5. The highest BCUT2D eigenvalue weighted by atomic mass is 16.6. The summed E-state index contributed by atoms with van der Waals surface area (Å²) in [6, 6.07) is 2.05. The van der Waals surface area contributed by atoms with Crippen molar-refractivity contribution >= 4 is 5.97 Å². The molecule has 2 N–H and O–H groups in total. The number of carbonyl (C=O) groups excluding carboxylic acids is 1. The Bertz CT molecular complexity index is 299. The summed E-state index contributed by atoms with van der Waals surface area (Å²) in [6.45, 7) is 5.01. The molecule has 0 amide bonds. The predicted octanol–water partition coefficient (Wildman–Crippen LogP) is 1.87. The van der Waals surface area contributed by atoms with Gasteiger partial charge in [0.2, 0.25) is 0 Å². The summed E-state index contributed by atoms with van der Waals surface area (Å²) in [5, 5.41) is 27.5. The Balaban J connectivity index is 3.93. The normalized spacial score (nSPS) is 12.0. The lowest BCUT2D eigenvalue weighted by Gasteiger charge is -2.26. The molecule has 0 aliphatic heterocycles. The molecule has 0 aliphatic rings. The Morgan fingerprint density at radius 2 is 1.72 bits per heavy atom. The van der Waals surface area contributed by atoms with E-state index in [4.69, 9.17) is 10.00 Å². The molecule has 5 nitrogen and oxygen atoms in total. The van der Waals surface area contributed by atoms with E-state index >= 15 is 0 Å². The van der Waals surface area contributed by atoms with Crippen LogP contribution >= 0.6 is 0 Å². The number of hydrogen-bond acceptors (Lipinski definition) is 5. The summed E-state index contributed by atoms with van der Waals surface area (Å²) < 4.78 is 4.92. The highest BCUT2D eigenvalue weighted by Crippen LogP contribution is 2.18. The van der Waals surface area contributed by atoms with Crippen LogP contribution in [0.15, 0.2) is 0 Å². The van der Waals surface area contributed by atoms with Crippen LogP contribution < -0.4 is 0 Å². The average Bonchev–Trinajstić information content (AvgIpc) is 2.20. The summed E-state index contributed by atoms with van der Waals surface area (Å²) in [7, 11) is 0. The predicted molar refractivity (Wildman–Crippen MR) is 66.3 cm³/mol. The van der Waals surface area contributed by atoms with E-state index in [2.05, 4.69) is 0 Å². The van der Waals surface area contributed by atoms with E-state index in [9.17, 15) is 15.0 Å². The quantitative estimate of drug-likeness (QED) is 0.413. The van der Waals surface area contributed by atoms with Crippen LogP contribution in [0.4, 0.5) is 0 Å². The van der Waals surface area contributed by atoms with Crippen molar-refractivity contribution < 1.29 is 19.7 Å². The third-order valence-corrected chi connectivity index (χ3v) is 2.29. The Labute approximate surface area is 108 Å². The molecule has 0 radical (unpaired) electrons. The monoisotopic (exact) mass is 257 g/mol. The van der Waals surface area contributed by atoms with Gasteiger partial charge in [-0.05, 0) is 33.6 Å². The molecule has 18 heavy (non-hydrogen) atoms. The molecular formula is C13H23NO4. The highest BCUT2D eigenvalue weighted by molar-refractivity contribution is 5.77. The maximum absolute atomic E-state index is 11.5. The zero-order valence-electron chi connectivity index (χ0n) is 11.4. The van der Waals surface area contributed by atoms with Crippen LogP contribution in [0.1, 0.15) is 59.3 Å². The molecule has 0 saturated carbocycles. The Morgan fingerprint density at radius 1 is 1.17 bits per heavy atom. The molecule has 5 heteroatoms. The molecule has 104 valence electrons. The van der Waals surface area contributed by atoms with E-state index in [0.29, 0.717) is 12.8 Å². The minimum atomic E-state index is -2.41. The zero-order valence-corrected chi connectivity index (χ0v) is 11.4. The van der Waals surface area contributed by atoms with Gasteiger partial charge in [0.15, 0.2) is 0 Å². The maximum atomic E-state index is 11.5. The number of esters is 1. The van der Waals surface area contributed by atoms with E-state index in [0.717, 1.165) is 19.3 Å². The second-order valence-electron chi connectivity index (χ2n) is 5.39. The lowest BCUT2D eigenvalue weighted by Crippen LogP contribution is -2.43. The van der Waals surface area contributed by atoms with Gasteiger partial charge in [0.1, 0.15) is 5.60 Å². The van der Waals surface area contributed by atoms with Crippen molar-refractivity contribution in [3.63, 3.8) is 0 Å². The van der Waals surface area contributed by atoms with Crippen LogP contribution in [0, 0.1) is 11.3 Å². The minimum Gasteiger partial charge on any atom is -0.456 e. The fraction of sp³-hybridized carbons (Fsp3) is 0.846. The number of aliphatic hydroxyl groups is 2. The second-order valence-corrected chi connectivity index (χ2v) is 5.39. The smallest absolute Gasteiger partial charge is 0.366 e. The van der Waals surface area contributed by atoms with Crippen LogP contribution in [-0.2, 0) is 9.53 Å². The molecule has 0 spiro atoms. The first-order valence-electron chi connectivity index (χ1n) is 6.24. The van der Waals surface area contributed by atoms with Gasteiger partial charge in [-0.2, -0.15) is 5.26 Å². The van der Waals surface area contributed by atoms with Gasteiger partial charge in [-0.1, -0.05) is 12.8 Å². The molecule has 0 saturated heterocycles. The van der Waals surface area contributed by atoms with E-state index in [1.165, 1.54) is 0 Å². The lowest BCUT2D eigenvalue weighted by atomic mass is 10.1. The van der Waals surface area contributed by atoms with Gasteiger partial charge < -0.3 is 14.9 Å². The van der Waals surface area contributed by atoms with Crippen molar-refractivity contribution in [2.45, 2.75) is 70.7 Å². The van der Waals surface area contributed by atoms with E-state index in [-0.39, 0.29) is 6.42 Å². The summed E-state index contributed by atoms with van der Waals surface area (Å²) >= 11 is 0. The number of rotatable bonds is 7. The van der Waals surface area contributed by atoms with Gasteiger partial charge in [-0.3, -0.25) is 0 Å². The standard InChI is InChI=1S/C13H23NO4/c1-12(2,3)18-11(15)13(16,17)9-7-5-4-6-8-10-14/h16-17H,4-9H2,1-3H3. The number of ether oxygens (including phenoxy) is 1. The van der Waals surface area contributed by atoms with Gasteiger partial charge in [0.05, 0.1) is 6.07 Å². The fourth-order valence-corrected chi connectivity index (χ4v) is 1.39. The van der Waals surface area contributed by atoms with Gasteiger partial charge in [0, 0.05) is 12.8 Å². The van der Waals surface area contributed by atoms with Crippen molar-refractivity contribution in [3.05, 3.63) is 0 Å².